The number of rotatable bonds is 8. The summed E-state index contributed by atoms with van der Waals surface area (Å²) in [5.74, 6) is 1.30. The number of nitrogens with zero attached hydrogens (tertiary/aromatic N) is 5. The van der Waals surface area contributed by atoms with E-state index in [1.54, 1.807) is 14.7 Å². The molecule has 2 aliphatic rings. The van der Waals surface area contributed by atoms with Crippen molar-refractivity contribution < 1.29 is 23.8 Å². The number of anilines is 1. The lowest BCUT2D eigenvalue weighted by Crippen LogP contribution is -2.42. The summed E-state index contributed by atoms with van der Waals surface area (Å²) in [5, 5.41) is 0. The van der Waals surface area contributed by atoms with Gasteiger partial charge in [-0.25, -0.2) is 14.8 Å². The summed E-state index contributed by atoms with van der Waals surface area (Å²) < 4.78 is 16.5. The van der Waals surface area contributed by atoms with Crippen molar-refractivity contribution in [2.24, 2.45) is 0 Å². The molecule has 3 amide bonds. The minimum atomic E-state index is -0.195. The molecule has 0 bridgehead atoms. The van der Waals surface area contributed by atoms with E-state index in [4.69, 9.17) is 14.2 Å². The number of likely N-dealkylation sites (tertiary alicyclic amines) is 1. The number of hydrogen-bond acceptors (Lipinski definition) is 7. The topological polar surface area (TPSA) is 97.3 Å². The lowest BCUT2D eigenvalue weighted by molar-refractivity contribution is -0.130. The van der Waals surface area contributed by atoms with E-state index in [1.807, 2.05) is 31.2 Å². The molecule has 2 aliphatic heterocycles. The van der Waals surface area contributed by atoms with Gasteiger partial charge in [0.1, 0.15) is 18.4 Å². The predicted octanol–water partition coefficient (Wildman–Crippen LogP) is 1.81. The quantitative estimate of drug-likeness (QED) is 0.616. The van der Waals surface area contributed by atoms with Crippen molar-refractivity contribution in [1.29, 1.82) is 0 Å². The molecule has 2 saturated heterocycles. The predicted molar refractivity (Wildman–Crippen MR) is 116 cm³/mol. The van der Waals surface area contributed by atoms with Gasteiger partial charge in [-0.05, 0) is 31.2 Å². The number of hydrogen-bond donors (Lipinski definition) is 0. The van der Waals surface area contributed by atoms with E-state index in [-0.39, 0.29) is 24.6 Å². The molecule has 2 aromatic rings. The summed E-state index contributed by atoms with van der Waals surface area (Å²) >= 11 is 0. The van der Waals surface area contributed by atoms with Crippen LogP contribution in [0.25, 0.3) is 0 Å². The molecule has 32 heavy (non-hydrogen) atoms. The van der Waals surface area contributed by atoms with Crippen LogP contribution in [-0.2, 0) is 4.79 Å². The van der Waals surface area contributed by atoms with Crippen LogP contribution in [0.5, 0.6) is 17.5 Å². The Morgan fingerprint density at radius 3 is 2.56 bits per heavy atom. The molecular formula is C22H27N5O5. The van der Waals surface area contributed by atoms with E-state index >= 15 is 0 Å². The van der Waals surface area contributed by atoms with Crippen molar-refractivity contribution in [3.05, 3.63) is 36.7 Å². The van der Waals surface area contributed by atoms with Crippen molar-refractivity contribution in [2.75, 3.05) is 51.3 Å². The Bertz CT molecular complexity index is 954. The molecule has 2 fully saturated rings. The lowest BCUT2D eigenvalue weighted by Gasteiger charge is -2.22. The second-order valence-corrected chi connectivity index (χ2v) is 7.52. The van der Waals surface area contributed by atoms with Gasteiger partial charge in [0.15, 0.2) is 0 Å². The first-order chi connectivity index (χ1) is 15.6. The highest BCUT2D eigenvalue weighted by Crippen LogP contribution is 2.25. The minimum absolute atomic E-state index is 0.0492. The third-order valence-corrected chi connectivity index (χ3v) is 5.48. The third kappa shape index (κ3) is 4.68. The standard InChI is InChI=1S/C22H27N5O5/c1-3-31-17-6-4-16(5-7-17)27-13-12-26(22(27)29)15-19(28)25-11-8-18(14-25)32-21-20(30-2)23-9-10-24-21/h4-7,9-10,18H,3,8,11-15H2,1-2H3. The number of carbonyl (C=O) groups excluding carboxylic acids is 2. The van der Waals surface area contributed by atoms with Crippen molar-refractivity contribution in [3.8, 4) is 17.5 Å². The van der Waals surface area contributed by atoms with E-state index < -0.39 is 0 Å². The molecule has 1 unspecified atom stereocenters. The Hall–Kier alpha value is -3.56. The summed E-state index contributed by atoms with van der Waals surface area (Å²) in [6.45, 7) is 4.61. The lowest BCUT2D eigenvalue weighted by atomic mass is 10.3. The molecule has 3 heterocycles. The zero-order chi connectivity index (χ0) is 22.5. The van der Waals surface area contributed by atoms with Crippen molar-refractivity contribution in [2.45, 2.75) is 19.4 Å². The SMILES string of the molecule is CCOc1ccc(N2CCN(CC(=O)N3CCC(Oc4nccnc4OC)C3)C2=O)cc1. The van der Waals surface area contributed by atoms with Gasteiger partial charge in [0.2, 0.25) is 5.91 Å². The third-order valence-electron chi connectivity index (χ3n) is 5.48. The Labute approximate surface area is 186 Å². The second kappa shape index (κ2) is 9.71. The Kier molecular flexibility index (Phi) is 6.58. The molecule has 170 valence electrons. The Morgan fingerprint density at radius 2 is 1.84 bits per heavy atom. The van der Waals surface area contributed by atoms with E-state index in [0.29, 0.717) is 51.0 Å². The van der Waals surface area contributed by atoms with Crippen LogP contribution >= 0.6 is 0 Å². The van der Waals surface area contributed by atoms with Crippen LogP contribution < -0.4 is 19.1 Å². The zero-order valence-electron chi connectivity index (χ0n) is 18.3. The van der Waals surface area contributed by atoms with Crippen LogP contribution in [-0.4, -0.2) is 84.3 Å². The fourth-order valence-corrected chi connectivity index (χ4v) is 3.86. The number of amides is 3. The van der Waals surface area contributed by atoms with Crippen LogP contribution in [0.2, 0.25) is 0 Å². The van der Waals surface area contributed by atoms with Gasteiger partial charge in [-0.15, -0.1) is 0 Å². The number of urea groups is 1. The van der Waals surface area contributed by atoms with Crippen LogP contribution in [0, 0.1) is 0 Å². The van der Waals surface area contributed by atoms with Gasteiger partial charge in [-0.2, -0.15) is 0 Å². The van der Waals surface area contributed by atoms with Gasteiger partial charge in [0.25, 0.3) is 11.8 Å². The molecule has 1 aromatic carbocycles. The van der Waals surface area contributed by atoms with Gasteiger partial charge in [0, 0.05) is 44.1 Å². The van der Waals surface area contributed by atoms with Crippen LogP contribution in [0.15, 0.2) is 36.7 Å². The second-order valence-electron chi connectivity index (χ2n) is 7.52. The van der Waals surface area contributed by atoms with Crippen LogP contribution in [0.1, 0.15) is 13.3 Å². The number of carbonyl (C=O) groups is 2. The van der Waals surface area contributed by atoms with Gasteiger partial charge >= 0.3 is 6.03 Å². The number of methoxy groups -OCH3 is 1. The highest BCUT2D eigenvalue weighted by Gasteiger charge is 2.34. The minimum Gasteiger partial charge on any atom is -0.494 e. The average Bonchev–Trinajstić information content (AvgIpc) is 3.42. The number of ether oxygens (including phenoxy) is 3. The molecule has 0 aliphatic carbocycles. The fourth-order valence-electron chi connectivity index (χ4n) is 3.86. The molecule has 0 spiro atoms. The van der Waals surface area contributed by atoms with E-state index in [1.165, 1.54) is 19.5 Å². The molecule has 10 nitrogen and oxygen atoms in total. The molecule has 10 heteroatoms. The van der Waals surface area contributed by atoms with E-state index in [2.05, 4.69) is 9.97 Å². The Balaban J connectivity index is 1.30. The van der Waals surface area contributed by atoms with Gasteiger partial charge in [-0.3, -0.25) is 9.69 Å². The maximum atomic E-state index is 12.8. The summed E-state index contributed by atoms with van der Waals surface area (Å²) in [5.41, 5.74) is 0.793. The Morgan fingerprint density at radius 1 is 1.09 bits per heavy atom. The highest BCUT2D eigenvalue weighted by molar-refractivity contribution is 5.96. The van der Waals surface area contributed by atoms with Crippen LogP contribution in [0.3, 0.4) is 0 Å². The smallest absolute Gasteiger partial charge is 0.325 e. The maximum Gasteiger partial charge on any atom is 0.325 e. The molecule has 1 atom stereocenters. The normalized spacial score (nSPS) is 18.2. The number of benzene rings is 1. The van der Waals surface area contributed by atoms with Crippen molar-refractivity contribution in [1.82, 2.24) is 19.8 Å². The van der Waals surface area contributed by atoms with E-state index in [9.17, 15) is 9.59 Å². The van der Waals surface area contributed by atoms with Gasteiger partial charge in [-0.1, -0.05) is 0 Å². The zero-order valence-corrected chi connectivity index (χ0v) is 18.3. The first-order valence-electron chi connectivity index (χ1n) is 10.7. The molecule has 0 N–H and O–H groups in total. The summed E-state index contributed by atoms with van der Waals surface area (Å²) in [6.07, 6.45) is 3.54. The molecule has 0 saturated carbocycles. The first kappa shape index (κ1) is 21.7. The first-order valence-corrected chi connectivity index (χ1v) is 10.7. The fraction of sp³-hybridized carbons (Fsp3) is 0.455. The van der Waals surface area contributed by atoms with E-state index in [0.717, 1.165) is 11.4 Å². The molecule has 0 radical (unpaired) electrons. The molecular weight excluding hydrogens is 414 g/mol. The molecule has 1 aromatic heterocycles. The average molecular weight is 441 g/mol. The van der Waals surface area contributed by atoms with Crippen molar-refractivity contribution >= 4 is 17.6 Å². The summed E-state index contributed by atoms with van der Waals surface area (Å²) in [6, 6.07) is 7.24. The highest BCUT2D eigenvalue weighted by atomic mass is 16.5. The summed E-state index contributed by atoms with van der Waals surface area (Å²) in [7, 11) is 1.50. The van der Waals surface area contributed by atoms with Crippen molar-refractivity contribution in [3.63, 3.8) is 0 Å². The molecule has 4 rings (SSSR count). The monoisotopic (exact) mass is 441 g/mol. The summed E-state index contributed by atoms with van der Waals surface area (Å²) in [4.78, 5) is 38.9. The largest absolute Gasteiger partial charge is 0.494 e. The van der Waals surface area contributed by atoms with Gasteiger partial charge < -0.3 is 24.0 Å². The van der Waals surface area contributed by atoms with Crippen LogP contribution in [0.4, 0.5) is 10.5 Å². The number of aromatic nitrogens is 2. The maximum absolute atomic E-state index is 12.8. The van der Waals surface area contributed by atoms with Gasteiger partial charge in [0.05, 0.1) is 20.3 Å².